The van der Waals surface area contributed by atoms with Crippen molar-refractivity contribution in [2.24, 2.45) is 0 Å². The van der Waals surface area contributed by atoms with Crippen molar-refractivity contribution in [3.8, 4) is 0 Å². The van der Waals surface area contributed by atoms with Gasteiger partial charge in [-0.1, -0.05) is 12.8 Å². The van der Waals surface area contributed by atoms with Crippen molar-refractivity contribution in [1.29, 1.82) is 0 Å². The minimum absolute atomic E-state index is 0.561. The highest BCUT2D eigenvalue weighted by Crippen LogP contribution is 2.38. The molecule has 0 aromatic carbocycles. The smallest absolute Gasteiger partial charge is 0.144 e. The first-order chi connectivity index (χ1) is 10.2. The second-order valence-electron chi connectivity index (χ2n) is 5.45. The Hall–Kier alpha value is -1.01. The zero-order valence-corrected chi connectivity index (χ0v) is 14.7. The standard InChI is InChI=1S/C15H19BrN4S/c1-9-18-11(8-21-9)7-12-19-14(10-5-3-4-6-10)13(16)15(17-2)20-12/h8,10H,3-7H2,1-2H3,(H,17,19,20). The molecule has 0 spiro atoms. The van der Waals surface area contributed by atoms with Crippen LogP contribution < -0.4 is 5.32 Å². The molecule has 0 aliphatic heterocycles. The van der Waals surface area contributed by atoms with Crippen molar-refractivity contribution in [1.82, 2.24) is 15.0 Å². The van der Waals surface area contributed by atoms with Crippen LogP contribution in [0, 0.1) is 6.92 Å². The molecule has 0 bridgehead atoms. The lowest BCUT2D eigenvalue weighted by Gasteiger charge is -2.15. The summed E-state index contributed by atoms with van der Waals surface area (Å²) >= 11 is 5.35. The lowest BCUT2D eigenvalue weighted by Crippen LogP contribution is -2.08. The van der Waals surface area contributed by atoms with Gasteiger partial charge in [-0.15, -0.1) is 11.3 Å². The SMILES string of the molecule is CNc1nc(Cc2csc(C)n2)nc(C2CCCC2)c1Br. The number of hydrogen-bond acceptors (Lipinski definition) is 5. The molecule has 3 rings (SSSR count). The third kappa shape index (κ3) is 3.26. The Morgan fingerprint density at radius 1 is 1.29 bits per heavy atom. The summed E-state index contributed by atoms with van der Waals surface area (Å²) < 4.78 is 1.02. The van der Waals surface area contributed by atoms with Gasteiger partial charge in [0.05, 0.1) is 27.3 Å². The van der Waals surface area contributed by atoms with Gasteiger partial charge in [-0.2, -0.15) is 0 Å². The molecule has 1 aliphatic rings. The van der Waals surface area contributed by atoms with Crippen LogP contribution in [-0.2, 0) is 6.42 Å². The van der Waals surface area contributed by atoms with Crippen LogP contribution in [0.25, 0.3) is 0 Å². The molecule has 0 saturated heterocycles. The highest BCUT2D eigenvalue weighted by molar-refractivity contribution is 9.10. The van der Waals surface area contributed by atoms with Crippen molar-refractivity contribution in [2.75, 3.05) is 12.4 Å². The average molecular weight is 367 g/mol. The Morgan fingerprint density at radius 3 is 2.67 bits per heavy atom. The summed E-state index contributed by atoms with van der Waals surface area (Å²) in [5, 5.41) is 6.36. The molecule has 1 aliphatic carbocycles. The van der Waals surface area contributed by atoms with Gasteiger partial charge in [-0.3, -0.25) is 0 Å². The van der Waals surface area contributed by atoms with Gasteiger partial charge in [0.1, 0.15) is 11.6 Å². The first-order valence-corrected chi connectivity index (χ1v) is 8.99. The number of thiazole rings is 1. The van der Waals surface area contributed by atoms with E-state index in [9.17, 15) is 0 Å². The average Bonchev–Trinajstić information content (AvgIpc) is 3.12. The highest BCUT2D eigenvalue weighted by Gasteiger charge is 2.23. The molecule has 2 aromatic heterocycles. The molecule has 0 amide bonds. The highest BCUT2D eigenvalue weighted by atomic mass is 79.9. The van der Waals surface area contributed by atoms with Gasteiger partial charge in [0.15, 0.2) is 0 Å². The summed E-state index contributed by atoms with van der Waals surface area (Å²) in [5.41, 5.74) is 2.22. The van der Waals surface area contributed by atoms with Crippen LogP contribution in [-0.4, -0.2) is 22.0 Å². The first-order valence-electron chi connectivity index (χ1n) is 7.32. The normalized spacial score (nSPS) is 15.6. The third-order valence-corrected chi connectivity index (χ3v) is 5.51. The van der Waals surface area contributed by atoms with Crippen LogP contribution in [0.3, 0.4) is 0 Å². The fourth-order valence-corrected chi connectivity index (χ4v) is 4.19. The molecule has 0 unspecified atom stereocenters. The second kappa shape index (κ2) is 6.40. The number of nitrogens with one attached hydrogen (secondary N) is 1. The van der Waals surface area contributed by atoms with E-state index in [1.165, 1.54) is 25.7 Å². The molecule has 1 saturated carbocycles. The van der Waals surface area contributed by atoms with E-state index in [1.54, 1.807) is 11.3 Å². The zero-order valence-electron chi connectivity index (χ0n) is 12.3. The van der Waals surface area contributed by atoms with Crippen LogP contribution in [0.15, 0.2) is 9.85 Å². The number of halogens is 1. The monoisotopic (exact) mass is 366 g/mol. The second-order valence-corrected chi connectivity index (χ2v) is 7.31. The molecular weight excluding hydrogens is 348 g/mol. The Kier molecular flexibility index (Phi) is 4.54. The number of hydrogen-bond donors (Lipinski definition) is 1. The number of rotatable bonds is 4. The van der Waals surface area contributed by atoms with E-state index in [-0.39, 0.29) is 0 Å². The molecule has 2 heterocycles. The van der Waals surface area contributed by atoms with E-state index in [4.69, 9.17) is 4.98 Å². The van der Waals surface area contributed by atoms with Gasteiger partial charge in [0, 0.05) is 18.3 Å². The fourth-order valence-electron chi connectivity index (χ4n) is 2.88. The van der Waals surface area contributed by atoms with Crippen molar-refractivity contribution < 1.29 is 0 Å². The lowest BCUT2D eigenvalue weighted by molar-refractivity contribution is 0.681. The van der Waals surface area contributed by atoms with Crippen LogP contribution in [0.2, 0.25) is 0 Å². The van der Waals surface area contributed by atoms with Crippen LogP contribution in [0.4, 0.5) is 5.82 Å². The molecule has 21 heavy (non-hydrogen) atoms. The molecule has 2 aromatic rings. The number of aromatic nitrogens is 3. The maximum atomic E-state index is 4.83. The molecule has 112 valence electrons. The van der Waals surface area contributed by atoms with Gasteiger partial charge >= 0.3 is 0 Å². The number of nitrogens with zero attached hydrogens (tertiary/aromatic N) is 3. The van der Waals surface area contributed by atoms with Gasteiger partial charge in [-0.25, -0.2) is 15.0 Å². The summed E-state index contributed by atoms with van der Waals surface area (Å²) in [6.07, 6.45) is 5.77. The molecule has 6 heteroatoms. The Morgan fingerprint density at radius 2 is 2.05 bits per heavy atom. The van der Waals surface area contributed by atoms with Crippen LogP contribution in [0.1, 0.15) is 53.8 Å². The largest absolute Gasteiger partial charge is 0.372 e. The van der Waals surface area contributed by atoms with Crippen molar-refractivity contribution >= 4 is 33.1 Å². The predicted octanol–water partition coefficient (Wildman–Crippen LogP) is 4.29. The Labute approximate surface area is 137 Å². The van der Waals surface area contributed by atoms with Gasteiger partial charge in [0.25, 0.3) is 0 Å². The Balaban J connectivity index is 1.94. The maximum absolute atomic E-state index is 4.83. The molecule has 1 N–H and O–H groups in total. The predicted molar refractivity (Wildman–Crippen MR) is 90.1 cm³/mol. The van der Waals surface area contributed by atoms with Crippen molar-refractivity contribution in [3.05, 3.63) is 32.1 Å². The van der Waals surface area contributed by atoms with E-state index < -0.39 is 0 Å². The van der Waals surface area contributed by atoms with Crippen molar-refractivity contribution in [2.45, 2.75) is 44.9 Å². The minimum atomic E-state index is 0.561. The van der Waals surface area contributed by atoms with Crippen molar-refractivity contribution in [3.63, 3.8) is 0 Å². The summed E-state index contributed by atoms with van der Waals surface area (Å²) in [7, 11) is 1.91. The van der Waals surface area contributed by atoms with Crippen LogP contribution in [0.5, 0.6) is 0 Å². The zero-order chi connectivity index (χ0) is 14.8. The summed E-state index contributed by atoms with van der Waals surface area (Å²) in [6.45, 7) is 2.03. The molecule has 4 nitrogen and oxygen atoms in total. The lowest BCUT2D eigenvalue weighted by atomic mass is 10.0. The topological polar surface area (TPSA) is 50.7 Å². The Bertz CT molecular complexity index is 635. The summed E-state index contributed by atoms with van der Waals surface area (Å²) in [4.78, 5) is 14.0. The van der Waals surface area contributed by atoms with E-state index in [0.717, 1.165) is 32.5 Å². The van der Waals surface area contributed by atoms with Gasteiger partial charge in [-0.05, 0) is 35.7 Å². The summed E-state index contributed by atoms with van der Waals surface area (Å²) in [6, 6.07) is 0. The number of anilines is 1. The quantitative estimate of drug-likeness (QED) is 0.876. The molecule has 0 atom stereocenters. The first kappa shape index (κ1) is 14.9. The van der Waals surface area contributed by atoms with E-state index in [0.29, 0.717) is 12.3 Å². The number of aryl methyl sites for hydroxylation is 1. The maximum Gasteiger partial charge on any atom is 0.144 e. The third-order valence-electron chi connectivity index (χ3n) is 3.91. The van der Waals surface area contributed by atoms with E-state index in [2.05, 4.69) is 36.6 Å². The van der Waals surface area contributed by atoms with E-state index in [1.807, 2.05) is 14.0 Å². The minimum Gasteiger partial charge on any atom is -0.372 e. The summed E-state index contributed by atoms with van der Waals surface area (Å²) in [5.74, 6) is 2.30. The molecule has 0 radical (unpaired) electrons. The fraction of sp³-hybridized carbons (Fsp3) is 0.533. The van der Waals surface area contributed by atoms with E-state index >= 15 is 0 Å². The van der Waals surface area contributed by atoms with Crippen LogP contribution >= 0.6 is 27.3 Å². The molecular formula is C15H19BrN4S. The van der Waals surface area contributed by atoms with Gasteiger partial charge < -0.3 is 5.32 Å². The molecule has 1 fully saturated rings. The van der Waals surface area contributed by atoms with Gasteiger partial charge in [0.2, 0.25) is 0 Å².